The molecule has 152 valence electrons. The van der Waals surface area contributed by atoms with Gasteiger partial charge in [-0.2, -0.15) is 4.98 Å². The molecule has 1 saturated heterocycles. The van der Waals surface area contributed by atoms with E-state index < -0.39 is 0 Å². The van der Waals surface area contributed by atoms with Gasteiger partial charge < -0.3 is 18.4 Å². The van der Waals surface area contributed by atoms with Crippen molar-refractivity contribution in [1.82, 2.24) is 29.6 Å². The summed E-state index contributed by atoms with van der Waals surface area (Å²) in [4.78, 5) is 28.4. The predicted molar refractivity (Wildman–Crippen MR) is 102 cm³/mol. The molecule has 1 amide bonds. The second-order valence-corrected chi connectivity index (χ2v) is 7.85. The van der Waals surface area contributed by atoms with Crippen molar-refractivity contribution in [2.75, 3.05) is 0 Å². The molecule has 0 radical (unpaired) electrons. The molecule has 1 aliphatic carbocycles. The fraction of sp³-hybridized carbons (Fsp3) is 0.550. The van der Waals surface area contributed by atoms with Crippen molar-refractivity contribution in [2.45, 2.75) is 63.5 Å². The van der Waals surface area contributed by atoms with Crippen molar-refractivity contribution < 1.29 is 13.7 Å². The molecule has 29 heavy (non-hydrogen) atoms. The van der Waals surface area contributed by atoms with Crippen molar-refractivity contribution in [3.63, 3.8) is 0 Å². The Balaban J connectivity index is 1.49. The first kappa shape index (κ1) is 18.1. The average molecular weight is 396 g/mol. The number of carbonyl (C=O) groups excluding carboxylic acids is 1. The van der Waals surface area contributed by atoms with Gasteiger partial charge in [0.2, 0.25) is 17.6 Å². The second-order valence-electron chi connectivity index (χ2n) is 7.85. The number of nitrogens with zero attached hydrogens (tertiary/aromatic N) is 6. The molecule has 4 heterocycles. The van der Waals surface area contributed by atoms with E-state index in [1.807, 2.05) is 22.7 Å². The molecule has 0 unspecified atom stereocenters. The molecular formula is C20H24N6O3. The molecule has 0 aromatic carbocycles. The highest BCUT2D eigenvalue weighted by Crippen LogP contribution is 2.46. The maximum absolute atomic E-state index is 12.8. The molecule has 2 aliphatic rings. The first-order chi connectivity index (χ1) is 14.2. The van der Waals surface area contributed by atoms with E-state index in [9.17, 15) is 4.79 Å². The highest BCUT2D eigenvalue weighted by atomic mass is 16.5. The van der Waals surface area contributed by atoms with Crippen molar-refractivity contribution in [1.29, 1.82) is 0 Å². The number of rotatable bonds is 6. The number of oxazole rings is 1. The van der Waals surface area contributed by atoms with Gasteiger partial charge in [-0.1, -0.05) is 12.1 Å². The second kappa shape index (κ2) is 7.13. The quantitative estimate of drug-likeness (QED) is 0.631. The Morgan fingerprint density at radius 1 is 1.24 bits per heavy atom. The van der Waals surface area contributed by atoms with Gasteiger partial charge in [-0.25, -0.2) is 9.97 Å². The van der Waals surface area contributed by atoms with E-state index in [-0.39, 0.29) is 23.9 Å². The van der Waals surface area contributed by atoms with Crippen LogP contribution in [0.25, 0.3) is 11.5 Å². The Kier molecular flexibility index (Phi) is 4.44. The van der Waals surface area contributed by atoms with Gasteiger partial charge in [0.15, 0.2) is 5.89 Å². The fourth-order valence-electron chi connectivity index (χ4n) is 4.16. The van der Waals surface area contributed by atoms with Crippen LogP contribution in [0.3, 0.4) is 0 Å². The summed E-state index contributed by atoms with van der Waals surface area (Å²) in [6, 6.07) is 0.0755. The number of amides is 1. The molecule has 2 fully saturated rings. The molecule has 5 rings (SSSR count). The largest absolute Gasteiger partial charge is 0.448 e. The highest BCUT2D eigenvalue weighted by molar-refractivity contribution is 5.78. The monoisotopic (exact) mass is 396 g/mol. The number of likely N-dealkylation sites (tertiary alicyclic amines) is 1. The highest BCUT2D eigenvalue weighted by Gasteiger charge is 2.48. The van der Waals surface area contributed by atoms with Gasteiger partial charge in [0.1, 0.15) is 23.8 Å². The van der Waals surface area contributed by atoms with Crippen LogP contribution in [0.5, 0.6) is 0 Å². The lowest BCUT2D eigenvalue weighted by Crippen LogP contribution is -2.44. The van der Waals surface area contributed by atoms with Gasteiger partial charge in [-0.15, -0.1) is 0 Å². The minimum Gasteiger partial charge on any atom is -0.448 e. The SMILES string of the molecule is CCCc1nc(-c2noc([C@H]3CCC(=O)N(C4CC4)[C@@H]3c3nccn3C)n2)co1. The molecule has 0 bridgehead atoms. The molecule has 3 aromatic rings. The van der Waals surface area contributed by atoms with Crippen molar-refractivity contribution >= 4 is 5.91 Å². The summed E-state index contributed by atoms with van der Waals surface area (Å²) in [6.07, 6.45) is 10.2. The summed E-state index contributed by atoms with van der Waals surface area (Å²) >= 11 is 0. The zero-order valence-electron chi connectivity index (χ0n) is 16.6. The van der Waals surface area contributed by atoms with Crippen LogP contribution in [-0.4, -0.2) is 41.5 Å². The minimum atomic E-state index is -0.204. The first-order valence-corrected chi connectivity index (χ1v) is 10.2. The summed E-state index contributed by atoms with van der Waals surface area (Å²) in [7, 11) is 1.95. The van der Waals surface area contributed by atoms with E-state index >= 15 is 0 Å². The maximum Gasteiger partial charge on any atom is 0.232 e. The summed E-state index contributed by atoms with van der Waals surface area (Å²) in [5, 5.41) is 4.14. The van der Waals surface area contributed by atoms with E-state index in [0.717, 1.165) is 31.5 Å². The minimum absolute atomic E-state index is 0.0994. The molecule has 0 spiro atoms. The Hall–Kier alpha value is -2.97. The lowest BCUT2D eigenvalue weighted by atomic mass is 9.87. The molecule has 1 saturated carbocycles. The average Bonchev–Trinajstić information content (AvgIpc) is 3.08. The van der Waals surface area contributed by atoms with E-state index in [0.29, 0.717) is 36.1 Å². The van der Waals surface area contributed by atoms with Crippen LogP contribution in [0.15, 0.2) is 27.6 Å². The van der Waals surface area contributed by atoms with Crippen LogP contribution in [0.2, 0.25) is 0 Å². The Morgan fingerprint density at radius 3 is 2.83 bits per heavy atom. The summed E-state index contributed by atoms with van der Waals surface area (Å²) < 4.78 is 13.1. The van der Waals surface area contributed by atoms with Crippen molar-refractivity contribution in [3.8, 4) is 11.5 Å². The topological polar surface area (TPSA) is 103 Å². The Morgan fingerprint density at radius 2 is 2.10 bits per heavy atom. The lowest BCUT2D eigenvalue weighted by molar-refractivity contribution is -0.139. The maximum atomic E-state index is 12.8. The zero-order chi connectivity index (χ0) is 20.0. The lowest BCUT2D eigenvalue weighted by Gasteiger charge is -2.39. The smallest absolute Gasteiger partial charge is 0.232 e. The van der Waals surface area contributed by atoms with Crippen LogP contribution in [0, 0.1) is 0 Å². The number of hydrogen-bond acceptors (Lipinski definition) is 7. The van der Waals surface area contributed by atoms with E-state index in [2.05, 4.69) is 27.0 Å². The number of aryl methyl sites for hydroxylation is 2. The van der Waals surface area contributed by atoms with Crippen LogP contribution in [0.4, 0.5) is 0 Å². The normalized spacial score (nSPS) is 22.4. The van der Waals surface area contributed by atoms with E-state index in [1.54, 1.807) is 12.5 Å². The van der Waals surface area contributed by atoms with Crippen LogP contribution < -0.4 is 0 Å². The van der Waals surface area contributed by atoms with E-state index in [4.69, 9.17) is 8.94 Å². The number of aromatic nitrogens is 5. The van der Waals surface area contributed by atoms with Gasteiger partial charge in [0.05, 0.1) is 5.92 Å². The third kappa shape index (κ3) is 3.24. The molecule has 2 atom stereocenters. The number of carbonyl (C=O) groups is 1. The third-order valence-corrected chi connectivity index (χ3v) is 5.70. The number of imidazole rings is 1. The Bertz CT molecular complexity index is 1020. The molecule has 9 nitrogen and oxygen atoms in total. The molecule has 0 N–H and O–H groups in total. The molecular weight excluding hydrogens is 372 g/mol. The summed E-state index contributed by atoms with van der Waals surface area (Å²) in [6.45, 7) is 2.07. The van der Waals surface area contributed by atoms with Crippen molar-refractivity contribution in [2.24, 2.45) is 7.05 Å². The predicted octanol–water partition coefficient (Wildman–Crippen LogP) is 3.02. The number of hydrogen-bond donors (Lipinski definition) is 0. The van der Waals surface area contributed by atoms with Gasteiger partial charge >= 0.3 is 0 Å². The molecule has 1 aliphatic heterocycles. The van der Waals surface area contributed by atoms with Crippen LogP contribution in [0.1, 0.15) is 68.6 Å². The summed E-state index contributed by atoms with van der Waals surface area (Å²) in [5.41, 5.74) is 0.572. The summed E-state index contributed by atoms with van der Waals surface area (Å²) in [5.74, 6) is 2.53. The third-order valence-electron chi connectivity index (χ3n) is 5.70. The standard InChI is InChI=1S/C20H24N6O3/c1-3-4-15-22-14(11-28-15)18-23-20(29-24-18)13-7-8-16(27)26(12-5-6-12)17(13)19-21-9-10-25(19)2/h9-13,17H,3-8H2,1-2H3/t13-,17-/m0/s1. The zero-order valence-corrected chi connectivity index (χ0v) is 16.6. The fourth-order valence-corrected chi connectivity index (χ4v) is 4.16. The van der Waals surface area contributed by atoms with Gasteiger partial charge in [0, 0.05) is 38.3 Å². The van der Waals surface area contributed by atoms with E-state index in [1.165, 1.54) is 0 Å². The number of piperidine rings is 1. The van der Waals surface area contributed by atoms with Crippen molar-refractivity contribution in [3.05, 3.63) is 36.3 Å². The Labute approximate surface area is 168 Å². The molecule has 9 heteroatoms. The van der Waals surface area contributed by atoms with Crippen LogP contribution >= 0.6 is 0 Å². The van der Waals surface area contributed by atoms with Gasteiger partial charge in [-0.3, -0.25) is 4.79 Å². The van der Waals surface area contributed by atoms with Gasteiger partial charge in [0.25, 0.3) is 0 Å². The van der Waals surface area contributed by atoms with Crippen LogP contribution in [-0.2, 0) is 18.3 Å². The molecule has 3 aromatic heterocycles. The first-order valence-electron chi connectivity index (χ1n) is 10.2. The van der Waals surface area contributed by atoms with Gasteiger partial charge in [-0.05, 0) is 25.7 Å².